The third-order valence-electron chi connectivity index (χ3n) is 4.25. The first-order valence-corrected chi connectivity index (χ1v) is 11.2. The van der Waals surface area contributed by atoms with Crippen molar-refractivity contribution in [2.24, 2.45) is 0 Å². The molecule has 0 bridgehead atoms. The van der Waals surface area contributed by atoms with Gasteiger partial charge in [0, 0.05) is 5.69 Å². The molecule has 0 saturated carbocycles. The zero-order chi connectivity index (χ0) is 20.1. The number of carbonyl (C=O) groups excluding carboxylic acids is 1. The van der Waals surface area contributed by atoms with Gasteiger partial charge in [0.2, 0.25) is 0 Å². The Balaban J connectivity index is 1.30. The standard InChI is InChI=1S/C20H19FN4O2S2/c21-17-10-15(4-7-18(17)25-13-22-12-23-25)24-19(26)11-27-16-5-2-14(3-6-16)20-28-8-1-9-29-20/h2-7,10,12-13,20H,1,8-9,11H2,(H,24,26). The lowest BCUT2D eigenvalue weighted by Gasteiger charge is -2.21. The van der Waals surface area contributed by atoms with E-state index in [1.165, 1.54) is 53.0 Å². The number of thioether (sulfide) groups is 2. The molecule has 1 fully saturated rings. The second-order valence-electron chi connectivity index (χ2n) is 6.34. The van der Waals surface area contributed by atoms with Gasteiger partial charge in [-0.3, -0.25) is 4.79 Å². The minimum absolute atomic E-state index is 0.154. The molecular weight excluding hydrogens is 411 g/mol. The SMILES string of the molecule is O=C(COc1ccc(C2SCCCS2)cc1)Nc1ccc(-n2cncn2)c(F)c1. The zero-order valence-electron chi connectivity index (χ0n) is 15.5. The van der Waals surface area contributed by atoms with Gasteiger partial charge in [-0.1, -0.05) is 12.1 Å². The molecule has 3 aromatic rings. The first kappa shape index (κ1) is 19.8. The Morgan fingerprint density at radius 3 is 2.69 bits per heavy atom. The van der Waals surface area contributed by atoms with Gasteiger partial charge < -0.3 is 10.1 Å². The minimum atomic E-state index is -0.511. The van der Waals surface area contributed by atoms with Crippen LogP contribution in [0.2, 0.25) is 0 Å². The number of anilines is 1. The molecule has 0 spiro atoms. The van der Waals surface area contributed by atoms with Crippen molar-refractivity contribution in [3.8, 4) is 11.4 Å². The minimum Gasteiger partial charge on any atom is -0.484 e. The molecule has 1 amide bonds. The van der Waals surface area contributed by atoms with E-state index in [0.717, 1.165) is 0 Å². The molecule has 6 nitrogen and oxygen atoms in total. The van der Waals surface area contributed by atoms with Gasteiger partial charge in [-0.25, -0.2) is 14.1 Å². The summed E-state index contributed by atoms with van der Waals surface area (Å²) in [7, 11) is 0. The van der Waals surface area contributed by atoms with Crippen LogP contribution in [0.25, 0.3) is 5.69 Å². The Kier molecular flexibility index (Phi) is 6.36. The fraction of sp³-hybridized carbons (Fsp3) is 0.250. The topological polar surface area (TPSA) is 69.0 Å². The average molecular weight is 431 g/mol. The summed E-state index contributed by atoms with van der Waals surface area (Å²) in [5.74, 6) is 2.14. The first-order valence-electron chi connectivity index (χ1n) is 9.09. The van der Waals surface area contributed by atoms with Crippen molar-refractivity contribution in [2.75, 3.05) is 23.4 Å². The predicted octanol–water partition coefficient (Wildman–Crippen LogP) is 4.29. The van der Waals surface area contributed by atoms with E-state index in [1.807, 2.05) is 47.8 Å². The summed E-state index contributed by atoms with van der Waals surface area (Å²) in [6.45, 7) is -0.154. The normalized spacial score (nSPS) is 14.5. The summed E-state index contributed by atoms with van der Waals surface area (Å²) < 4.78 is 21.6. The molecule has 0 radical (unpaired) electrons. The van der Waals surface area contributed by atoms with Gasteiger partial charge in [-0.2, -0.15) is 5.10 Å². The van der Waals surface area contributed by atoms with Crippen LogP contribution in [0.4, 0.5) is 10.1 Å². The highest BCUT2D eigenvalue weighted by molar-refractivity contribution is 8.16. The van der Waals surface area contributed by atoms with Crippen molar-refractivity contribution in [1.29, 1.82) is 0 Å². The smallest absolute Gasteiger partial charge is 0.262 e. The number of hydrogen-bond acceptors (Lipinski definition) is 6. The quantitative estimate of drug-likeness (QED) is 0.629. The maximum Gasteiger partial charge on any atom is 0.262 e. The van der Waals surface area contributed by atoms with Crippen LogP contribution in [0.15, 0.2) is 55.1 Å². The van der Waals surface area contributed by atoms with Crippen molar-refractivity contribution in [3.63, 3.8) is 0 Å². The lowest BCUT2D eigenvalue weighted by atomic mass is 10.2. The van der Waals surface area contributed by atoms with Crippen LogP contribution in [0.5, 0.6) is 5.75 Å². The number of hydrogen-bond donors (Lipinski definition) is 1. The van der Waals surface area contributed by atoms with Gasteiger partial charge >= 0.3 is 0 Å². The van der Waals surface area contributed by atoms with Crippen LogP contribution in [0, 0.1) is 5.82 Å². The van der Waals surface area contributed by atoms with Gasteiger partial charge in [0.25, 0.3) is 5.91 Å². The molecule has 0 aliphatic carbocycles. The van der Waals surface area contributed by atoms with E-state index < -0.39 is 5.82 Å². The number of benzene rings is 2. The lowest BCUT2D eigenvalue weighted by molar-refractivity contribution is -0.118. The van der Waals surface area contributed by atoms with Gasteiger partial charge in [0.05, 0.1) is 4.58 Å². The Labute approximate surface area is 176 Å². The Hall–Kier alpha value is -2.52. The Bertz CT molecular complexity index is 961. The highest BCUT2D eigenvalue weighted by atomic mass is 32.2. The maximum atomic E-state index is 14.2. The average Bonchev–Trinajstić information content (AvgIpc) is 3.28. The van der Waals surface area contributed by atoms with Crippen LogP contribution in [0.3, 0.4) is 0 Å². The number of nitrogens with zero attached hydrogens (tertiary/aromatic N) is 3. The largest absolute Gasteiger partial charge is 0.484 e. The van der Waals surface area contributed by atoms with Crippen molar-refractivity contribution in [1.82, 2.24) is 14.8 Å². The van der Waals surface area contributed by atoms with Gasteiger partial charge in [-0.05, 0) is 53.8 Å². The molecule has 1 saturated heterocycles. The molecule has 150 valence electrons. The third kappa shape index (κ3) is 5.10. The van der Waals surface area contributed by atoms with Crippen molar-refractivity contribution < 1.29 is 13.9 Å². The molecule has 0 unspecified atom stereocenters. The summed E-state index contributed by atoms with van der Waals surface area (Å²) in [4.78, 5) is 15.9. The molecule has 0 atom stereocenters. The number of carbonyl (C=O) groups is 1. The number of ether oxygens (including phenoxy) is 1. The lowest BCUT2D eigenvalue weighted by Crippen LogP contribution is -2.20. The summed E-state index contributed by atoms with van der Waals surface area (Å²) >= 11 is 3.92. The maximum absolute atomic E-state index is 14.2. The van der Waals surface area contributed by atoms with E-state index in [0.29, 0.717) is 16.0 Å². The molecule has 2 heterocycles. The predicted molar refractivity (Wildman–Crippen MR) is 114 cm³/mol. The first-order chi connectivity index (χ1) is 14.2. The number of aromatic nitrogens is 3. The second kappa shape index (κ2) is 9.32. The number of halogens is 1. The van der Waals surface area contributed by atoms with Gasteiger partial charge in [0.15, 0.2) is 12.4 Å². The van der Waals surface area contributed by atoms with Gasteiger partial charge in [-0.15, -0.1) is 23.5 Å². The van der Waals surface area contributed by atoms with Crippen LogP contribution < -0.4 is 10.1 Å². The number of amides is 1. The van der Waals surface area contributed by atoms with E-state index in [-0.39, 0.29) is 18.2 Å². The molecule has 1 aliphatic heterocycles. The van der Waals surface area contributed by atoms with Crippen LogP contribution >= 0.6 is 23.5 Å². The van der Waals surface area contributed by atoms with E-state index >= 15 is 0 Å². The highest BCUT2D eigenvalue weighted by Crippen LogP contribution is 2.43. The van der Waals surface area contributed by atoms with Crippen molar-refractivity contribution in [3.05, 3.63) is 66.5 Å². The van der Waals surface area contributed by atoms with E-state index in [9.17, 15) is 9.18 Å². The van der Waals surface area contributed by atoms with Crippen LogP contribution in [0.1, 0.15) is 16.6 Å². The van der Waals surface area contributed by atoms with E-state index in [4.69, 9.17) is 4.74 Å². The Morgan fingerprint density at radius 1 is 1.21 bits per heavy atom. The zero-order valence-corrected chi connectivity index (χ0v) is 17.1. The summed E-state index contributed by atoms with van der Waals surface area (Å²) in [5, 5.41) is 6.53. The molecule has 9 heteroatoms. The summed E-state index contributed by atoms with van der Waals surface area (Å²) in [6.07, 6.45) is 3.99. The fourth-order valence-electron chi connectivity index (χ4n) is 2.85. The number of rotatable bonds is 6. The monoisotopic (exact) mass is 430 g/mol. The van der Waals surface area contributed by atoms with Crippen molar-refractivity contribution in [2.45, 2.75) is 11.0 Å². The van der Waals surface area contributed by atoms with Crippen LogP contribution in [-0.4, -0.2) is 38.8 Å². The summed E-state index contributed by atoms with van der Waals surface area (Å²) in [6, 6.07) is 12.2. The number of nitrogens with one attached hydrogen (secondary N) is 1. The van der Waals surface area contributed by atoms with E-state index in [2.05, 4.69) is 15.4 Å². The van der Waals surface area contributed by atoms with Gasteiger partial charge in [0.1, 0.15) is 24.1 Å². The molecule has 1 aromatic heterocycles. The van der Waals surface area contributed by atoms with E-state index in [1.54, 1.807) is 6.07 Å². The van der Waals surface area contributed by atoms with Crippen molar-refractivity contribution >= 4 is 35.1 Å². The molecular formula is C20H19FN4O2S2. The molecule has 4 rings (SSSR count). The third-order valence-corrected chi connectivity index (χ3v) is 7.26. The molecule has 2 aromatic carbocycles. The van der Waals surface area contributed by atoms with Crippen LogP contribution in [-0.2, 0) is 4.79 Å². The summed E-state index contributed by atoms with van der Waals surface area (Å²) in [5.41, 5.74) is 1.87. The second-order valence-corrected chi connectivity index (χ2v) is 9.06. The molecule has 1 aliphatic rings. The Morgan fingerprint density at radius 2 is 2.00 bits per heavy atom. The fourth-order valence-corrected chi connectivity index (χ4v) is 5.74. The highest BCUT2D eigenvalue weighted by Gasteiger charge is 2.16. The molecule has 1 N–H and O–H groups in total. The molecule has 29 heavy (non-hydrogen) atoms.